The number of hydrogen-bond donors (Lipinski definition) is 0. The van der Waals surface area contributed by atoms with Crippen LogP contribution in [0.15, 0.2) is 116 Å². The molecule has 43 heavy (non-hydrogen) atoms. The van der Waals surface area contributed by atoms with Gasteiger partial charge in [0.25, 0.3) is 0 Å². The van der Waals surface area contributed by atoms with Gasteiger partial charge < -0.3 is 4.57 Å². The van der Waals surface area contributed by atoms with Gasteiger partial charge in [0.05, 0.1) is 38.4 Å². The van der Waals surface area contributed by atoms with Gasteiger partial charge in [0, 0.05) is 45.4 Å². The van der Waals surface area contributed by atoms with E-state index in [1.807, 2.05) is 6.20 Å². The third kappa shape index (κ3) is 4.83. The Balaban J connectivity index is 1.42. The average molecular weight is 592 g/mol. The van der Waals surface area contributed by atoms with Crippen LogP contribution in [0.3, 0.4) is 0 Å². The number of para-hydroxylation sites is 2. The number of pyridine rings is 2. The summed E-state index contributed by atoms with van der Waals surface area (Å²) in [6.07, 6.45) is 4.07. The molecule has 0 amide bonds. The van der Waals surface area contributed by atoms with Crippen molar-refractivity contribution in [1.29, 1.82) is 0 Å². The number of aromatic nitrogens is 3. The molecule has 0 bridgehead atoms. The van der Waals surface area contributed by atoms with Crippen molar-refractivity contribution in [2.75, 3.05) is 0 Å². The quantitative estimate of drug-likeness (QED) is 0.187. The monoisotopic (exact) mass is 591 g/mol. The van der Waals surface area contributed by atoms with E-state index in [9.17, 15) is 0 Å². The van der Waals surface area contributed by atoms with Crippen molar-refractivity contribution in [3.8, 4) is 28.1 Å². The maximum absolute atomic E-state index is 4.91. The molecule has 0 N–H and O–H groups in total. The highest BCUT2D eigenvalue weighted by atomic mass is 28.3. The van der Waals surface area contributed by atoms with E-state index < -0.39 is 16.1 Å². The summed E-state index contributed by atoms with van der Waals surface area (Å²) < 4.78 is 2.40. The van der Waals surface area contributed by atoms with Crippen LogP contribution < -0.4 is 10.4 Å². The standard InChI is InChI=1S/C38H37N3Si2/c1-42(2,3)29-18-20-34(40-25-29)27-11-9-12-28(23-27)41-35-16-8-7-13-31(35)32-19-17-26(24-36(32)41)30-14-10-15-33-37(43(4,5)6)21-22-39-38(30)33/h7-25H,1-6H3. The van der Waals surface area contributed by atoms with Crippen molar-refractivity contribution < 1.29 is 0 Å². The minimum atomic E-state index is -1.53. The van der Waals surface area contributed by atoms with Crippen LogP contribution in [0.25, 0.3) is 60.8 Å². The minimum absolute atomic E-state index is 1.00. The second-order valence-corrected chi connectivity index (χ2v) is 23.7. The van der Waals surface area contributed by atoms with Gasteiger partial charge in [0.15, 0.2) is 0 Å². The molecule has 0 aliphatic heterocycles. The van der Waals surface area contributed by atoms with Crippen molar-refractivity contribution in [3.63, 3.8) is 0 Å². The van der Waals surface area contributed by atoms with E-state index in [1.165, 1.54) is 48.7 Å². The van der Waals surface area contributed by atoms with Crippen LogP contribution in [0.4, 0.5) is 0 Å². The molecule has 7 rings (SSSR count). The molecule has 0 aliphatic rings. The van der Waals surface area contributed by atoms with E-state index in [-0.39, 0.29) is 0 Å². The molecule has 4 aromatic carbocycles. The highest BCUT2D eigenvalue weighted by Crippen LogP contribution is 2.37. The lowest BCUT2D eigenvalue weighted by atomic mass is 10.0. The molecular weight excluding hydrogens is 555 g/mol. The van der Waals surface area contributed by atoms with Crippen LogP contribution in [-0.4, -0.2) is 30.7 Å². The summed E-state index contributed by atoms with van der Waals surface area (Å²) >= 11 is 0. The van der Waals surface area contributed by atoms with Crippen LogP contribution >= 0.6 is 0 Å². The van der Waals surface area contributed by atoms with E-state index in [1.54, 1.807) is 0 Å². The molecule has 3 aromatic heterocycles. The topological polar surface area (TPSA) is 30.7 Å². The Morgan fingerprint density at radius 3 is 2.09 bits per heavy atom. The second-order valence-electron chi connectivity index (χ2n) is 13.6. The summed E-state index contributed by atoms with van der Waals surface area (Å²) in [6.45, 7) is 14.3. The third-order valence-corrected chi connectivity index (χ3v) is 12.7. The molecule has 0 unspecified atom stereocenters. The summed E-state index contributed by atoms with van der Waals surface area (Å²) in [5, 5.41) is 6.61. The number of hydrogen-bond acceptors (Lipinski definition) is 2. The van der Waals surface area contributed by atoms with Gasteiger partial charge in [-0.15, -0.1) is 0 Å². The van der Waals surface area contributed by atoms with Gasteiger partial charge in [-0.05, 0) is 52.3 Å². The van der Waals surface area contributed by atoms with E-state index in [2.05, 4.69) is 153 Å². The van der Waals surface area contributed by atoms with Crippen molar-refractivity contribution >= 4 is 59.2 Å². The molecule has 0 aliphatic carbocycles. The molecule has 5 heteroatoms. The van der Waals surface area contributed by atoms with E-state index in [0.29, 0.717) is 0 Å². The minimum Gasteiger partial charge on any atom is -0.309 e. The van der Waals surface area contributed by atoms with Crippen LogP contribution in [0.5, 0.6) is 0 Å². The highest BCUT2D eigenvalue weighted by molar-refractivity contribution is 6.90. The first-order valence-corrected chi connectivity index (χ1v) is 22.1. The molecule has 0 radical (unpaired) electrons. The second kappa shape index (κ2) is 10.1. The first-order valence-electron chi connectivity index (χ1n) is 15.1. The summed E-state index contributed by atoms with van der Waals surface area (Å²) in [5.74, 6) is 0. The average Bonchev–Trinajstić information content (AvgIpc) is 3.33. The van der Waals surface area contributed by atoms with Gasteiger partial charge in [-0.3, -0.25) is 9.97 Å². The zero-order chi connectivity index (χ0) is 29.9. The Bertz CT molecular complexity index is 2150. The van der Waals surface area contributed by atoms with Crippen molar-refractivity contribution in [2.24, 2.45) is 0 Å². The Labute approximate surface area is 255 Å². The molecule has 7 aromatic rings. The summed E-state index contributed by atoms with van der Waals surface area (Å²) in [4.78, 5) is 9.80. The summed E-state index contributed by atoms with van der Waals surface area (Å²) in [5.41, 5.74) is 9.10. The van der Waals surface area contributed by atoms with Crippen LogP contribution in [0, 0.1) is 0 Å². The molecule has 3 nitrogen and oxygen atoms in total. The number of nitrogens with zero attached hydrogens (tertiary/aromatic N) is 3. The summed E-state index contributed by atoms with van der Waals surface area (Å²) in [7, 11) is -2.94. The van der Waals surface area contributed by atoms with Crippen LogP contribution in [0.1, 0.15) is 0 Å². The van der Waals surface area contributed by atoms with Gasteiger partial charge in [-0.2, -0.15) is 0 Å². The first-order chi connectivity index (χ1) is 20.6. The maximum Gasteiger partial charge on any atom is 0.0796 e. The molecule has 212 valence electrons. The Hall–Kier alpha value is -4.33. The Morgan fingerprint density at radius 2 is 1.33 bits per heavy atom. The fourth-order valence-corrected chi connectivity index (χ4v) is 8.91. The molecular formula is C38H37N3Si2. The Morgan fingerprint density at radius 1 is 0.558 bits per heavy atom. The zero-order valence-corrected chi connectivity index (χ0v) is 27.8. The van der Waals surface area contributed by atoms with Crippen molar-refractivity contribution in [1.82, 2.24) is 14.5 Å². The SMILES string of the molecule is C[Si](C)(C)c1ccc(-c2cccc(-n3c4ccccc4c4ccc(-c5cccc6c([Si](C)(C)C)ccnc56)cc43)c2)nc1. The largest absolute Gasteiger partial charge is 0.309 e. The summed E-state index contributed by atoms with van der Waals surface area (Å²) in [6, 6.07) is 37.7. The Kier molecular flexibility index (Phi) is 6.49. The molecule has 0 fully saturated rings. The molecule has 0 atom stereocenters. The lowest BCUT2D eigenvalue weighted by Gasteiger charge is -2.19. The predicted molar refractivity (Wildman–Crippen MR) is 191 cm³/mol. The highest BCUT2D eigenvalue weighted by Gasteiger charge is 2.21. The van der Waals surface area contributed by atoms with E-state index in [4.69, 9.17) is 9.97 Å². The zero-order valence-electron chi connectivity index (χ0n) is 25.8. The molecule has 0 saturated heterocycles. The predicted octanol–water partition coefficient (Wildman–Crippen LogP) is 9.15. The number of fused-ring (bicyclic) bond motifs is 4. The number of rotatable bonds is 5. The fraction of sp³-hybridized carbons (Fsp3) is 0.158. The van der Waals surface area contributed by atoms with Gasteiger partial charge in [-0.25, -0.2) is 0 Å². The first kappa shape index (κ1) is 27.5. The lowest BCUT2D eigenvalue weighted by molar-refractivity contribution is 1.18. The maximum atomic E-state index is 4.91. The van der Waals surface area contributed by atoms with Crippen LogP contribution in [0.2, 0.25) is 39.3 Å². The smallest absolute Gasteiger partial charge is 0.0796 e. The molecule has 0 saturated carbocycles. The van der Waals surface area contributed by atoms with Crippen LogP contribution in [-0.2, 0) is 0 Å². The molecule has 3 heterocycles. The van der Waals surface area contributed by atoms with E-state index >= 15 is 0 Å². The third-order valence-electron chi connectivity index (χ3n) is 8.59. The van der Waals surface area contributed by atoms with Gasteiger partial charge in [-0.1, -0.05) is 106 Å². The van der Waals surface area contributed by atoms with Gasteiger partial charge in [0.2, 0.25) is 0 Å². The molecule has 0 spiro atoms. The van der Waals surface area contributed by atoms with Gasteiger partial charge >= 0.3 is 0 Å². The normalized spacial score (nSPS) is 12.4. The van der Waals surface area contributed by atoms with Gasteiger partial charge in [0.1, 0.15) is 0 Å². The van der Waals surface area contributed by atoms with Crippen molar-refractivity contribution in [2.45, 2.75) is 39.3 Å². The van der Waals surface area contributed by atoms with Crippen molar-refractivity contribution in [3.05, 3.63) is 116 Å². The lowest BCUT2D eigenvalue weighted by Crippen LogP contribution is -2.38. The van der Waals surface area contributed by atoms with E-state index in [0.717, 1.165) is 22.5 Å². The number of benzene rings is 4. The fourth-order valence-electron chi connectivity index (χ4n) is 6.29.